The number of nitrogens with zero attached hydrogens (tertiary/aromatic N) is 1. The molecule has 0 spiro atoms. The molecule has 2 aromatic heterocycles. The van der Waals surface area contributed by atoms with Gasteiger partial charge in [0.05, 0.1) is 16.1 Å². The molecule has 0 saturated heterocycles. The van der Waals surface area contributed by atoms with Crippen molar-refractivity contribution in [2.75, 3.05) is 0 Å². The number of carboxylic acids is 1. The van der Waals surface area contributed by atoms with Gasteiger partial charge in [-0.25, -0.2) is 4.98 Å². The summed E-state index contributed by atoms with van der Waals surface area (Å²) in [6.45, 7) is 0. The first-order valence-corrected chi connectivity index (χ1v) is 9.87. The lowest BCUT2D eigenvalue weighted by molar-refractivity contribution is -0.136. The summed E-state index contributed by atoms with van der Waals surface area (Å²) >= 11 is 20.3. The van der Waals surface area contributed by atoms with Gasteiger partial charge in [-0.15, -0.1) is 11.3 Å². The molecule has 1 aliphatic carbocycles. The number of thiophene rings is 1. The van der Waals surface area contributed by atoms with Gasteiger partial charge in [0.1, 0.15) is 22.0 Å². The van der Waals surface area contributed by atoms with Crippen LogP contribution in [0.2, 0.25) is 15.2 Å². The number of hydrogen-bond donors (Lipinski definition) is 1. The molecule has 0 unspecified atom stereocenters. The molecule has 134 valence electrons. The van der Waals surface area contributed by atoms with Crippen molar-refractivity contribution in [2.24, 2.45) is 0 Å². The standard InChI is InChI=1S/C18H12Cl3NO3S/c19-10-6-13(17(21)18-16(10)8(7-26-18)5-15(23)24)25-12-3-2-11-9(12)1-4-14(20)22-11/h1,4,6-7,12H,2-3,5H2,(H,23,24)/t12-/m1/s1. The third kappa shape index (κ3) is 3.14. The molecule has 1 N–H and O–H groups in total. The van der Waals surface area contributed by atoms with Gasteiger partial charge in [0.2, 0.25) is 0 Å². The van der Waals surface area contributed by atoms with Crippen LogP contribution in [0.5, 0.6) is 5.75 Å². The van der Waals surface area contributed by atoms with Crippen molar-refractivity contribution in [2.45, 2.75) is 25.4 Å². The maximum Gasteiger partial charge on any atom is 0.307 e. The Labute approximate surface area is 168 Å². The summed E-state index contributed by atoms with van der Waals surface area (Å²) in [5.41, 5.74) is 2.59. The monoisotopic (exact) mass is 427 g/mol. The zero-order valence-corrected chi connectivity index (χ0v) is 16.3. The maximum absolute atomic E-state index is 11.0. The fourth-order valence-corrected chi connectivity index (χ4v) is 5.12. The highest BCUT2D eigenvalue weighted by atomic mass is 35.5. The van der Waals surface area contributed by atoms with Gasteiger partial charge < -0.3 is 9.84 Å². The molecule has 2 heterocycles. The van der Waals surface area contributed by atoms with E-state index in [0.29, 0.717) is 31.9 Å². The molecule has 3 aromatic rings. The highest BCUT2D eigenvalue weighted by molar-refractivity contribution is 7.18. The molecular weight excluding hydrogens is 417 g/mol. The first-order chi connectivity index (χ1) is 12.4. The number of halogens is 3. The second kappa shape index (κ2) is 6.89. The van der Waals surface area contributed by atoms with E-state index in [1.807, 2.05) is 6.07 Å². The molecule has 1 aromatic carbocycles. The Morgan fingerprint density at radius 1 is 1.35 bits per heavy atom. The number of rotatable bonds is 4. The molecule has 0 aliphatic heterocycles. The van der Waals surface area contributed by atoms with Crippen molar-refractivity contribution >= 4 is 62.2 Å². The summed E-state index contributed by atoms with van der Waals surface area (Å²) in [5.74, 6) is -0.424. The quantitative estimate of drug-likeness (QED) is 0.522. The van der Waals surface area contributed by atoms with Crippen molar-refractivity contribution in [3.63, 3.8) is 0 Å². The first-order valence-electron chi connectivity index (χ1n) is 7.86. The first kappa shape index (κ1) is 17.9. The topological polar surface area (TPSA) is 59.4 Å². The van der Waals surface area contributed by atoms with E-state index in [9.17, 15) is 4.79 Å². The minimum absolute atomic E-state index is 0.0985. The lowest BCUT2D eigenvalue weighted by Gasteiger charge is -2.17. The third-order valence-corrected chi connectivity index (χ3v) is 6.40. The number of carbonyl (C=O) groups is 1. The number of pyridine rings is 1. The predicted molar refractivity (Wildman–Crippen MR) is 104 cm³/mol. The minimum atomic E-state index is -0.911. The number of aryl methyl sites for hydroxylation is 1. The van der Waals surface area contributed by atoms with Crippen molar-refractivity contribution in [1.29, 1.82) is 0 Å². The summed E-state index contributed by atoms with van der Waals surface area (Å²) < 4.78 is 6.88. The van der Waals surface area contributed by atoms with Crippen molar-refractivity contribution in [3.05, 3.63) is 55.6 Å². The van der Waals surface area contributed by atoms with Gasteiger partial charge in [0, 0.05) is 22.7 Å². The van der Waals surface area contributed by atoms with Gasteiger partial charge in [-0.2, -0.15) is 0 Å². The normalized spacial score (nSPS) is 16.0. The highest BCUT2D eigenvalue weighted by Crippen LogP contribution is 2.45. The number of hydrogen-bond acceptors (Lipinski definition) is 4. The number of aromatic nitrogens is 1. The number of benzene rings is 1. The Kier molecular flexibility index (Phi) is 4.73. The summed E-state index contributed by atoms with van der Waals surface area (Å²) in [5, 5.41) is 12.9. The molecule has 0 saturated carbocycles. The van der Waals surface area contributed by atoms with E-state index in [0.717, 1.165) is 28.8 Å². The second-order valence-electron chi connectivity index (χ2n) is 6.02. The van der Waals surface area contributed by atoms with Gasteiger partial charge in [-0.1, -0.05) is 40.9 Å². The predicted octanol–water partition coefficient (Wildman–Crippen LogP) is 5.95. The number of carboxylic acid groups (broad SMARTS) is 1. The van der Waals surface area contributed by atoms with E-state index in [-0.39, 0.29) is 12.5 Å². The van der Waals surface area contributed by atoms with Crippen LogP contribution in [-0.4, -0.2) is 16.1 Å². The van der Waals surface area contributed by atoms with Crippen LogP contribution in [0.1, 0.15) is 29.3 Å². The SMILES string of the molecule is O=C(O)Cc1csc2c(Cl)c(O[C@@H]3CCc4nc(Cl)ccc43)cc(Cl)c12. The Balaban J connectivity index is 1.71. The van der Waals surface area contributed by atoms with E-state index in [1.165, 1.54) is 11.3 Å². The summed E-state index contributed by atoms with van der Waals surface area (Å²) in [6.07, 6.45) is 1.30. The van der Waals surface area contributed by atoms with E-state index >= 15 is 0 Å². The zero-order valence-electron chi connectivity index (χ0n) is 13.3. The van der Waals surface area contributed by atoms with Crippen molar-refractivity contribution < 1.29 is 14.6 Å². The number of aliphatic carboxylic acids is 1. The minimum Gasteiger partial charge on any atom is -0.484 e. The average Bonchev–Trinajstić information content (AvgIpc) is 3.16. The molecule has 26 heavy (non-hydrogen) atoms. The lowest BCUT2D eigenvalue weighted by Crippen LogP contribution is -2.04. The fourth-order valence-electron chi connectivity index (χ4n) is 3.24. The summed E-state index contributed by atoms with van der Waals surface area (Å²) in [4.78, 5) is 15.4. The van der Waals surface area contributed by atoms with E-state index in [1.54, 1.807) is 17.5 Å². The molecule has 0 fully saturated rings. The molecular formula is C18H12Cl3NO3S. The van der Waals surface area contributed by atoms with Gasteiger partial charge in [0.25, 0.3) is 0 Å². The smallest absolute Gasteiger partial charge is 0.307 e. The van der Waals surface area contributed by atoms with Crippen LogP contribution in [-0.2, 0) is 17.6 Å². The van der Waals surface area contributed by atoms with Crippen LogP contribution in [0.15, 0.2) is 23.6 Å². The Morgan fingerprint density at radius 2 is 2.15 bits per heavy atom. The lowest BCUT2D eigenvalue weighted by atomic mass is 10.1. The van der Waals surface area contributed by atoms with Gasteiger partial charge in [-0.05, 0) is 29.9 Å². The van der Waals surface area contributed by atoms with Crippen LogP contribution < -0.4 is 4.74 Å². The number of ether oxygens (including phenoxy) is 1. The molecule has 0 bridgehead atoms. The maximum atomic E-state index is 11.0. The Bertz CT molecular complexity index is 1030. The van der Waals surface area contributed by atoms with Crippen LogP contribution >= 0.6 is 46.1 Å². The molecule has 0 amide bonds. The van der Waals surface area contributed by atoms with E-state index < -0.39 is 5.97 Å². The van der Waals surface area contributed by atoms with E-state index in [2.05, 4.69) is 4.98 Å². The number of fused-ring (bicyclic) bond motifs is 2. The van der Waals surface area contributed by atoms with Crippen LogP contribution in [0.4, 0.5) is 0 Å². The summed E-state index contributed by atoms with van der Waals surface area (Å²) in [6, 6.07) is 5.33. The van der Waals surface area contributed by atoms with Crippen LogP contribution in [0.25, 0.3) is 10.1 Å². The second-order valence-corrected chi connectivity index (χ2v) is 8.07. The van der Waals surface area contributed by atoms with Gasteiger partial charge in [-0.3, -0.25) is 4.79 Å². The van der Waals surface area contributed by atoms with Crippen LogP contribution in [0, 0.1) is 0 Å². The van der Waals surface area contributed by atoms with Crippen molar-refractivity contribution in [1.82, 2.24) is 4.98 Å². The van der Waals surface area contributed by atoms with Crippen LogP contribution in [0.3, 0.4) is 0 Å². The zero-order chi connectivity index (χ0) is 18.4. The third-order valence-electron chi connectivity index (χ3n) is 4.36. The highest BCUT2D eigenvalue weighted by Gasteiger charge is 2.27. The Hall–Kier alpha value is -1.53. The largest absolute Gasteiger partial charge is 0.484 e. The van der Waals surface area contributed by atoms with Gasteiger partial charge in [0.15, 0.2) is 0 Å². The van der Waals surface area contributed by atoms with Crippen molar-refractivity contribution in [3.8, 4) is 5.75 Å². The average molecular weight is 429 g/mol. The molecule has 8 heteroatoms. The summed E-state index contributed by atoms with van der Waals surface area (Å²) in [7, 11) is 0. The molecule has 0 radical (unpaired) electrons. The molecule has 1 aliphatic rings. The molecule has 1 atom stereocenters. The molecule has 4 nitrogen and oxygen atoms in total. The molecule has 4 rings (SSSR count). The fraction of sp³-hybridized carbons (Fsp3) is 0.222. The van der Waals surface area contributed by atoms with E-state index in [4.69, 9.17) is 44.6 Å². The Morgan fingerprint density at radius 3 is 2.92 bits per heavy atom. The van der Waals surface area contributed by atoms with Gasteiger partial charge >= 0.3 is 5.97 Å².